The number of hydrogen-bond acceptors (Lipinski definition) is 6. The van der Waals surface area contributed by atoms with Crippen LogP contribution in [0.1, 0.15) is 13.3 Å². The number of fused-ring (bicyclic) bond motifs is 1. The molecule has 9 heteroatoms. The maximum absolute atomic E-state index is 12.2. The van der Waals surface area contributed by atoms with Gasteiger partial charge in [0, 0.05) is 17.8 Å². The lowest BCUT2D eigenvalue weighted by atomic mass is 10.0. The van der Waals surface area contributed by atoms with Crippen LogP contribution in [0.2, 0.25) is 0 Å². The Bertz CT molecular complexity index is 753. The van der Waals surface area contributed by atoms with E-state index in [1.54, 1.807) is 6.92 Å². The van der Waals surface area contributed by atoms with Gasteiger partial charge in [0.05, 0.1) is 27.2 Å². The summed E-state index contributed by atoms with van der Waals surface area (Å²) in [5.41, 5.74) is -0.255. The average molecular weight is 312 g/mol. The first-order valence-electron chi connectivity index (χ1n) is 6.07. The number of carbonyl (C=O) groups is 1. The van der Waals surface area contributed by atoms with Gasteiger partial charge in [-0.2, -0.15) is 0 Å². The summed E-state index contributed by atoms with van der Waals surface area (Å²) in [5, 5.41) is 19.8. The van der Waals surface area contributed by atoms with Crippen molar-refractivity contribution in [2.45, 2.75) is 18.2 Å². The molecule has 0 saturated heterocycles. The minimum absolute atomic E-state index is 0.0431. The SMILES string of the molecule is CCC(C(=O)O)C1=Nc2ccc([N+](=O)[O-])cc2S(=O)(=O)C1. The Balaban J connectivity index is 2.60. The van der Waals surface area contributed by atoms with Crippen LogP contribution in [0.25, 0.3) is 0 Å². The molecule has 0 saturated carbocycles. The van der Waals surface area contributed by atoms with Gasteiger partial charge in [0.1, 0.15) is 0 Å². The van der Waals surface area contributed by atoms with E-state index in [-0.39, 0.29) is 28.4 Å². The summed E-state index contributed by atoms with van der Waals surface area (Å²) in [6.45, 7) is 1.62. The Hall–Kier alpha value is -2.29. The van der Waals surface area contributed by atoms with Crippen molar-refractivity contribution in [3.05, 3.63) is 28.3 Å². The van der Waals surface area contributed by atoms with Crippen LogP contribution >= 0.6 is 0 Å². The first-order chi connectivity index (χ1) is 9.76. The molecule has 0 radical (unpaired) electrons. The molecule has 0 amide bonds. The normalized spacial score (nSPS) is 17.5. The Kier molecular flexibility index (Phi) is 3.77. The fraction of sp³-hybridized carbons (Fsp3) is 0.333. The van der Waals surface area contributed by atoms with Gasteiger partial charge in [-0.3, -0.25) is 19.9 Å². The zero-order valence-electron chi connectivity index (χ0n) is 11.0. The second-order valence-electron chi connectivity index (χ2n) is 4.57. The molecule has 112 valence electrons. The van der Waals surface area contributed by atoms with E-state index in [2.05, 4.69) is 4.99 Å². The van der Waals surface area contributed by atoms with Crippen molar-refractivity contribution < 1.29 is 23.2 Å². The molecule has 1 heterocycles. The third-order valence-electron chi connectivity index (χ3n) is 3.20. The quantitative estimate of drug-likeness (QED) is 0.664. The molecule has 2 rings (SSSR count). The number of sulfone groups is 1. The number of nitro groups is 1. The minimum Gasteiger partial charge on any atom is -0.481 e. The van der Waals surface area contributed by atoms with E-state index in [9.17, 15) is 23.3 Å². The second-order valence-corrected chi connectivity index (χ2v) is 6.53. The number of nitrogens with zero attached hydrogens (tertiary/aromatic N) is 2. The summed E-state index contributed by atoms with van der Waals surface area (Å²) in [6.07, 6.45) is 0.214. The highest BCUT2D eigenvalue weighted by molar-refractivity contribution is 7.92. The zero-order valence-corrected chi connectivity index (χ0v) is 11.8. The molecular weight excluding hydrogens is 300 g/mol. The number of carboxylic acids is 1. The van der Waals surface area contributed by atoms with Crippen LogP contribution in [0, 0.1) is 16.0 Å². The molecule has 1 aliphatic heterocycles. The zero-order chi connectivity index (χ0) is 15.8. The van der Waals surface area contributed by atoms with E-state index in [4.69, 9.17) is 5.11 Å². The van der Waals surface area contributed by atoms with Crippen molar-refractivity contribution >= 4 is 32.9 Å². The number of nitro benzene ring substituents is 1. The van der Waals surface area contributed by atoms with Crippen LogP contribution in [0.5, 0.6) is 0 Å². The van der Waals surface area contributed by atoms with Crippen LogP contribution in [-0.2, 0) is 14.6 Å². The van der Waals surface area contributed by atoms with E-state index in [1.807, 2.05) is 0 Å². The Morgan fingerprint density at radius 3 is 2.71 bits per heavy atom. The molecule has 8 nitrogen and oxygen atoms in total. The van der Waals surface area contributed by atoms with Crippen LogP contribution in [0.4, 0.5) is 11.4 Å². The highest BCUT2D eigenvalue weighted by atomic mass is 32.2. The summed E-state index contributed by atoms with van der Waals surface area (Å²) in [6, 6.07) is 3.31. The molecule has 1 N–H and O–H groups in total. The van der Waals surface area contributed by atoms with E-state index in [0.717, 1.165) is 12.1 Å². The fourth-order valence-electron chi connectivity index (χ4n) is 2.15. The van der Waals surface area contributed by atoms with E-state index < -0.39 is 32.4 Å². The van der Waals surface area contributed by atoms with Crippen molar-refractivity contribution in [1.29, 1.82) is 0 Å². The van der Waals surface area contributed by atoms with Gasteiger partial charge in [-0.1, -0.05) is 6.92 Å². The lowest BCUT2D eigenvalue weighted by Crippen LogP contribution is -2.31. The topological polar surface area (TPSA) is 127 Å². The number of non-ortho nitro benzene ring substituents is 1. The maximum Gasteiger partial charge on any atom is 0.312 e. The highest BCUT2D eigenvalue weighted by Crippen LogP contribution is 2.34. The number of aliphatic carboxylic acids is 1. The predicted molar refractivity (Wildman–Crippen MR) is 73.7 cm³/mol. The van der Waals surface area contributed by atoms with Crippen molar-refractivity contribution in [3.8, 4) is 0 Å². The predicted octanol–water partition coefficient (Wildman–Crippen LogP) is 1.57. The lowest BCUT2D eigenvalue weighted by molar-refractivity contribution is -0.385. The number of aliphatic imine (C=N–C) groups is 1. The maximum atomic E-state index is 12.2. The van der Waals surface area contributed by atoms with Crippen molar-refractivity contribution in [2.24, 2.45) is 10.9 Å². The minimum atomic E-state index is -3.83. The summed E-state index contributed by atoms with van der Waals surface area (Å²) < 4.78 is 24.4. The first-order valence-corrected chi connectivity index (χ1v) is 7.73. The Labute approximate surface area is 120 Å². The van der Waals surface area contributed by atoms with Crippen LogP contribution in [0.3, 0.4) is 0 Å². The molecule has 0 aliphatic carbocycles. The monoisotopic (exact) mass is 312 g/mol. The summed E-state index contributed by atoms with van der Waals surface area (Å²) >= 11 is 0. The van der Waals surface area contributed by atoms with Crippen molar-refractivity contribution in [1.82, 2.24) is 0 Å². The third kappa shape index (κ3) is 2.77. The van der Waals surface area contributed by atoms with Crippen LogP contribution in [-0.4, -0.2) is 35.9 Å². The molecule has 0 bridgehead atoms. The molecular formula is C12H12N2O6S. The third-order valence-corrected chi connectivity index (χ3v) is 4.87. The van der Waals surface area contributed by atoms with E-state index >= 15 is 0 Å². The molecule has 1 aromatic carbocycles. The standard InChI is InChI=1S/C12H12N2O6S/c1-2-8(12(15)16)10-6-21(19,20)11-5-7(14(17)18)3-4-9(11)13-10/h3-5,8H,2,6H2,1H3,(H,15,16). The Morgan fingerprint density at radius 2 is 2.19 bits per heavy atom. The van der Waals surface area contributed by atoms with E-state index in [1.165, 1.54) is 6.07 Å². The highest BCUT2D eigenvalue weighted by Gasteiger charge is 2.33. The molecule has 0 spiro atoms. The summed E-state index contributed by atoms with van der Waals surface area (Å²) in [5.74, 6) is -2.66. The van der Waals surface area contributed by atoms with Gasteiger partial charge in [-0.15, -0.1) is 0 Å². The molecule has 1 atom stereocenters. The van der Waals surface area contributed by atoms with Gasteiger partial charge in [-0.05, 0) is 12.5 Å². The molecule has 1 unspecified atom stereocenters. The van der Waals surface area contributed by atoms with Gasteiger partial charge in [0.2, 0.25) is 0 Å². The van der Waals surface area contributed by atoms with Gasteiger partial charge >= 0.3 is 5.97 Å². The molecule has 21 heavy (non-hydrogen) atoms. The number of carboxylic acid groups (broad SMARTS) is 1. The number of hydrogen-bond donors (Lipinski definition) is 1. The fourth-order valence-corrected chi connectivity index (χ4v) is 3.69. The molecule has 1 aliphatic rings. The second kappa shape index (κ2) is 5.24. The summed E-state index contributed by atoms with van der Waals surface area (Å²) in [4.78, 5) is 25.0. The lowest BCUT2D eigenvalue weighted by Gasteiger charge is -2.19. The number of benzene rings is 1. The van der Waals surface area contributed by atoms with Gasteiger partial charge in [0.25, 0.3) is 5.69 Å². The van der Waals surface area contributed by atoms with Crippen molar-refractivity contribution in [3.63, 3.8) is 0 Å². The Morgan fingerprint density at radius 1 is 1.52 bits per heavy atom. The van der Waals surface area contributed by atoms with Gasteiger partial charge in [-0.25, -0.2) is 8.42 Å². The molecule has 0 aromatic heterocycles. The van der Waals surface area contributed by atoms with Crippen molar-refractivity contribution in [2.75, 3.05) is 5.75 Å². The van der Waals surface area contributed by atoms with Gasteiger partial charge in [0.15, 0.2) is 9.84 Å². The smallest absolute Gasteiger partial charge is 0.312 e. The first kappa shape index (κ1) is 15.1. The van der Waals surface area contributed by atoms with Crippen LogP contribution in [0.15, 0.2) is 28.1 Å². The van der Waals surface area contributed by atoms with E-state index in [0.29, 0.717) is 0 Å². The van der Waals surface area contributed by atoms with Gasteiger partial charge < -0.3 is 5.11 Å². The summed E-state index contributed by atoms with van der Waals surface area (Å²) in [7, 11) is -3.83. The largest absolute Gasteiger partial charge is 0.481 e. The molecule has 0 fully saturated rings. The van der Waals surface area contributed by atoms with Crippen LogP contribution < -0.4 is 0 Å². The average Bonchev–Trinajstić information content (AvgIpc) is 2.37. The number of rotatable bonds is 4. The molecule has 1 aromatic rings.